The van der Waals surface area contributed by atoms with Crippen LogP contribution in [-0.2, 0) is 0 Å². The maximum atomic E-state index is 12.4. The third-order valence-corrected chi connectivity index (χ3v) is 4.32. The van der Waals surface area contributed by atoms with Crippen LogP contribution in [-0.4, -0.2) is 18.5 Å². The number of carbonyl (C=O) groups is 1. The van der Waals surface area contributed by atoms with Gasteiger partial charge in [0.05, 0.1) is 0 Å². The lowest BCUT2D eigenvalue weighted by molar-refractivity contribution is 0.0921. The van der Waals surface area contributed by atoms with Crippen molar-refractivity contribution in [1.29, 1.82) is 0 Å². The van der Waals surface area contributed by atoms with E-state index in [1.807, 2.05) is 19.1 Å². The third-order valence-electron chi connectivity index (χ3n) is 4.32. The zero-order valence-electron chi connectivity index (χ0n) is 13.5. The van der Waals surface area contributed by atoms with Gasteiger partial charge in [-0.05, 0) is 55.9 Å². The number of benzene rings is 1. The zero-order chi connectivity index (χ0) is 15.2. The quantitative estimate of drug-likeness (QED) is 0.855. The van der Waals surface area contributed by atoms with Crippen molar-refractivity contribution in [3.8, 4) is 0 Å². The second-order valence-electron chi connectivity index (χ2n) is 6.40. The van der Waals surface area contributed by atoms with Crippen LogP contribution in [0, 0.1) is 12.8 Å². The predicted octanol–water partition coefficient (Wildman–Crippen LogP) is 4.13. The van der Waals surface area contributed by atoms with Crippen molar-refractivity contribution >= 4 is 11.6 Å². The van der Waals surface area contributed by atoms with Crippen LogP contribution in [0.15, 0.2) is 18.2 Å². The number of rotatable bonds is 5. The van der Waals surface area contributed by atoms with E-state index in [0.29, 0.717) is 6.04 Å². The smallest absolute Gasteiger partial charge is 0.251 e. The Kier molecular flexibility index (Phi) is 5.66. The van der Waals surface area contributed by atoms with E-state index >= 15 is 0 Å². The molecule has 3 heteroatoms. The van der Waals surface area contributed by atoms with Crippen LogP contribution < -0.4 is 10.6 Å². The summed E-state index contributed by atoms with van der Waals surface area (Å²) < 4.78 is 0. The normalized spacial score (nSPS) is 21.9. The van der Waals surface area contributed by atoms with E-state index in [2.05, 4.69) is 30.5 Å². The van der Waals surface area contributed by atoms with Crippen molar-refractivity contribution in [3.05, 3.63) is 29.3 Å². The van der Waals surface area contributed by atoms with Gasteiger partial charge in [0.1, 0.15) is 0 Å². The second-order valence-corrected chi connectivity index (χ2v) is 6.40. The van der Waals surface area contributed by atoms with E-state index in [9.17, 15) is 4.79 Å². The lowest BCUT2D eigenvalue weighted by atomic mass is 9.87. The number of carbonyl (C=O) groups excluding carboxylic acids is 1. The van der Waals surface area contributed by atoms with Crippen LogP contribution in [0.1, 0.15) is 61.9 Å². The molecule has 0 spiro atoms. The van der Waals surface area contributed by atoms with Crippen LogP contribution in [0.5, 0.6) is 0 Å². The fraction of sp³-hybridized carbons (Fsp3) is 0.611. The molecule has 1 saturated carbocycles. The summed E-state index contributed by atoms with van der Waals surface area (Å²) in [6.45, 7) is 7.39. The molecule has 2 unspecified atom stereocenters. The Morgan fingerprint density at radius 1 is 1.33 bits per heavy atom. The van der Waals surface area contributed by atoms with Crippen LogP contribution in [0.3, 0.4) is 0 Å². The molecular formula is C18H28N2O. The minimum Gasteiger partial charge on any atom is -0.385 e. The molecule has 116 valence electrons. The molecule has 1 fully saturated rings. The van der Waals surface area contributed by atoms with E-state index in [1.165, 1.54) is 12.8 Å². The van der Waals surface area contributed by atoms with Gasteiger partial charge in [0.25, 0.3) is 5.91 Å². The average molecular weight is 288 g/mol. The lowest BCUT2D eigenvalue weighted by Gasteiger charge is -2.27. The number of nitrogens with one attached hydrogen (secondary N) is 2. The van der Waals surface area contributed by atoms with Crippen molar-refractivity contribution in [2.75, 3.05) is 11.9 Å². The van der Waals surface area contributed by atoms with Crippen molar-refractivity contribution < 1.29 is 4.79 Å². The van der Waals surface area contributed by atoms with E-state index in [4.69, 9.17) is 0 Å². The third kappa shape index (κ3) is 4.48. The number of amides is 1. The van der Waals surface area contributed by atoms with Gasteiger partial charge < -0.3 is 10.6 Å². The highest BCUT2D eigenvalue weighted by atomic mass is 16.1. The van der Waals surface area contributed by atoms with Gasteiger partial charge in [0, 0.05) is 23.8 Å². The van der Waals surface area contributed by atoms with Gasteiger partial charge in [-0.2, -0.15) is 0 Å². The molecule has 0 aliphatic heterocycles. The highest BCUT2D eigenvalue weighted by Gasteiger charge is 2.21. The summed E-state index contributed by atoms with van der Waals surface area (Å²) in [4.78, 5) is 12.4. The molecule has 1 aliphatic carbocycles. The van der Waals surface area contributed by atoms with Gasteiger partial charge in [-0.25, -0.2) is 0 Å². The Hall–Kier alpha value is -1.51. The zero-order valence-corrected chi connectivity index (χ0v) is 13.5. The van der Waals surface area contributed by atoms with Gasteiger partial charge in [-0.3, -0.25) is 4.79 Å². The fourth-order valence-corrected chi connectivity index (χ4v) is 3.13. The van der Waals surface area contributed by atoms with Crippen molar-refractivity contribution in [2.24, 2.45) is 5.92 Å². The summed E-state index contributed by atoms with van der Waals surface area (Å²) in [5, 5.41) is 6.57. The van der Waals surface area contributed by atoms with Gasteiger partial charge in [-0.15, -0.1) is 0 Å². The van der Waals surface area contributed by atoms with Crippen LogP contribution >= 0.6 is 0 Å². The summed E-state index contributed by atoms with van der Waals surface area (Å²) in [6, 6.07) is 6.35. The molecule has 2 atom stereocenters. The van der Waals surface area contributed by atoms with Crippen LogP contribution in [0.4, 0.5) is 5.69 Å². The van der Waals surface area contributed by atoms with Gasteiger partial charge >= 0.3 is 0 Å². The highest BCUT2D eigenvalue weighted by molar-refractivity contribution is 5.96. The van der Waals surface area contributed by atoms with Crippen molar-refractivity contribution in [2.45, 2.75) is 58.9 Å². The number of hydrogen-bond donors (Lipinski definition) is 2. The average Bonchev–Trinajstić information content (AvgIpc) is 2.45. The summed E-state index contributed by atoms with van der Waals surface area (Å²) >= 11 is 0. The number of hydrogen-bond acceptors (Lipinski definition) is 2. The summed E-state index contributed by atoms with van der Waals surface area (Å²) in [5.74, 6) is 0.805. The van der Waals surface area contributed by atoms with E-state index in [-0.39, 0.29) is 5.91 Å². The fourth-order valence-electron chi connectivity index (χ4n) is 3.13. The maximum Gasteiger partial charge on any atom is 0.251 e. The molecule has 21 heavy (non-hydrogen) atoms. The van der Waals surface area contributed by atoms with Crippen LogP contribution in [0.25, 0.3) is 0 Å². The molecule has 1 aromatic rings. The van der Waals surface area contributed by atoms with E-state index in [0.717, 1.165) is 48.5 Å². The summed E-state index contributed by atoms with van der Waals surface area (Å²) in [5.41, 5.74) is 2.94. The summed E-state index contributed by atoms with van der Waals surface area (Å²) in [7, 11) is 0. The van der Waals surface area contributed by atoms with Gasteiger partial charge in [-0.1, -0.05) is 26.7 Å². The highest BCUT2D eigenvalue weighted by Crippen LogP contribution is 2.24. The van der Waals surface area contributed by atoms with Gasteiger partial charge in [0.2, 0.25) is 0 Å². The molecule has 0 radical (unpaired) electrons. The lowest BCUT2D eigenvalue weighted by Crippen LogP contribution is -2.38. The molecule has 3 nitrogen and oxygen atoms in total. The first kappa shape index (κ1) is 15.9. The predicted molar refractivity (Wildman–Crippen MR) is 88.8 cm³/mol. The maximum absolute atomic E-state index is 12.4. The Morgan fingerprint density at radius 2 is 2.14 bits per heavy atom. The standard InChI is InChI=1S/C18H28N2O/c1-4-10-19-15-8-9-17(14(3)12-15)18(21)20-16-7-5-6-13(2)11-16/h8-9,12-13,16,19H,4-7,10-11H2,1-3H3,(H,20,21). The Balaban J connectivity index is 1.98. The topological polar surface area (TPSA) is 41.1 Å². The number of aryl methyl sites for hydroxylation is 1. The molecule has 1 aliphatic rings. The molecular weight excluding hydrogens is 260 g/mol. The van der Waals surface area contributed by atoms with E-state index in [1.54, 1.807) is 0 Å². The molecule has 1 amide bonds. The van der Waals surface area contributed by atoms with Crippen molar-refractivity contribution in [1.82, 2.24) is 5.32 Å². The molecule has 0 aromatic heterocycles. The molecule has 2 N–H and O–H groups in total. The monoisotopic (exact) mass is 288 g/mol. The first-order valence-electron chi connectivity index (χ1n) is 8.25. The Morgan fingerprint density at radius 3 is 2.81 bits per heavy atom. The minimum absolute atomic E-state index is 0.0774. The second kappa shape index (κ2) is 7.48. The first-order valence-corrected chi connectivity index (χ1v) is 8.25. The minimum atomic E-state index is 0.0774. The Bertz CT molecular complexity index is 484. The van der Waals surface area contributed by atoms with Crippen molar-refractivity contribution in [3.63, 3.8) is 0 Å². The van der Waals surface area contributed by atoms with Crippen LogP contribution in [0.2, 0.25) is 0 Å². The van der Waals surface area contributed by atoms with Gasteiger partial charge in [0.15, 0.2) is 0 Å². The molecule has 0 bridgehead atoms. The number of anilines is 1. The molecule has 0 saturated heterocycles. The van der Waals surface area contributed by atoms with E-state index < -0.39 is 0 Å². The molecule has 0 heterocycles. The SMILES string of the molecule is CCCNc1ccc(C(=O)NC2CCCC(C)C2)c(C)c1. The molecule has 2 rings (SSSR count). The summed E-state index contributed by atoms with van der Waals surface area (Å²) in [6.07, 6.45) is 5.85. The Labute approximate surface area is 128 Å². The molecule has 1 aromatic carbocycles. The first-order chi connectivity index (χ1) is 10.1. The largest absolute Gasteiger partial charge is 0.385 e.